The van der Waals surface area contributed by atoms with E-state index in [0.29, 0.717) is 0 Å². The Kier molecular flexibility index (Phi) is 3.15. The average molecular weight is 177 g/mol. The molecule has 0 aliphatic carbocycles. The van der Waals surface area contributed by atoms with Crippen LogP contribution in [0.25, 0.3) is 0 Å². The van der Waals surface area contributed by atoms with Crippen LogP contribution in [0.5, 0.6) is 0 Å². The fourth-order valence-electron chi connectivity index (χ4n) is 1.16. The molecule has 0 saturated carbocycles. The van der Waals surface area contributed by atoms with E-state index >= 15 is 0 Å². The summed E-state index contributed by atoms with van der Waals surface area (Å²) in [5.41, 5.74) is 3.43. The van der Waals surface area contributed by atoms with Crippen molar-refractivity contribution in [3.05, 3.63) is 29.3 Å². The van der Waals surface area contributed by atoms with E-state index in [9.17, 15) is 0 Å². The Morgan fingerprint density at radius 2 is 2.25 bits per heavy atom. The van der Waals surface area contributed by atoms with Gasteiger partial charge in [0.25, 0.3) is 0 Å². The third-order valence-electron chi connectivity index (χ3n) is 1.78. The summed E-state index contributed by atoms with van der Waals surface area (Å²) in [5.74, 6) is 0. The van der Waals surface area contributed by atoms with Crippen molar-refractivity contribution in [1.29, 1.82) is 0 Å². The van der Waals surface area contributed by atoms with Crippen LogP contribution in [0.4, 0.5) is 5.69 Å². The minimum atomic E-state index is 0.943. The van der Waals surface area contributed by atoms with E-state index in [1.165, 1.54) is 11.1 Å². The van der Waals surface area contributed by atoms with Crippen molar-refractivity contribution in [2.75, 3.05) is 0 Å². The van der Waals surface area contributed by atoms with Gasteiger partial charge in [0.05, 0.1) is 10.8 Å². The van der Waals surface area contributed by atoms with Gasteiger partial charge in [0, 0.05) is 0 Å². The largest absolute Gasteiger partial charge is 0.194 e. The summed E-state index contributed by atoms with van der Waals surface area (Å²) in [6.45, 7) is 4.18. The summed E-state index contributed by atoms with van der Waals surface area (Å²) in [7, 11) is 0. The van der Waals surface area contributed by atoms with Gasteiger partial charge in [-0.3, -0.25) is 0 Å². The number of rotatable bonds is 2. The maximum atomic E-state index is 4.56. The lowest BCUT2D eigenvalue weighted by atomic mass is 10.1. The molecule has 0 heterocycles. The van der Waals surface area contributed by atoms with E-state index in [1.54, 1.807) is 0 Å². The summed E-state index contributed by atoms with van der Waals surface area (Å²) >= 11 is 4.56. The molecule has 0 spiro atoms. The number of nitrogens with zero attached hydrogens (tertiary/aromatic N) is 1. The van der Waals surface area contributed by atoms with Gasteiger partial charge in [-0.1, -0.05) is 24.6 Å². The van der Waals surface area contributed by atoms with Crippen LogP contribution in [-0.4, -0.2) is 5.16 Å². The fourth-order valence-corrected chi connectivity index (χ4v) is 1.25. The van der Waals surface area contributed by atoms with Gasteiger partial charge in [0.1, 0.15) is 0 Å². The highest BCUT2D eigenvalue weighted by Crippen LogP contribution is 2.20. The van der Waals surface area contributed by atoms with Gasteiger partial charge < -0.3 is 0 Å². The van der Waals surface area contributed by atoms with E-state index in [-0.39, 0.29) is 0 Å². The third-order valence-corrected chi connectivity index (χ3v) is 1.87. The highest BCUT2D eigenvalue weighted by Gasteiger charge is 1.97. The van der Waals surface area contributed by atoms with Crippen molar-refractivity contribution in [2.24, 2.45) is 4.99 Å². The Morgan fingerprint density at radius 3 is 2.83 bits per heavy atom. The molecule has 0 radical (unpaired) electrons. The van der Waals surface area contributed by atoms with Crippen LogP contribution in [0, 0.1) is 6.92 Å². The molecule has 1 nitrogen and oxygen atoms in total. The zero-order valence-corrected chi connectivity index (χ0v) is 8.11. The Hall–Kier alpha value is -0.980. The number of benzene rings is 1. The van der Waals surface area contributed by atoms with Gasteiger partial charge in [0.15, 0.2) is 0 Å². The molecule has 0 amide bonds. The first-order valence-corrected chi connectivity index (χ1v) is 4.36. The Balaban J connectivity index is 3.19. The standard InChI is InChI=1S/C10H11NS/c1-3-9-6-8(2)4-5-10(9)11-7-12/h4-6H,3H2,1-2H3. The first kappa shape index (κ1) is 9.11. The molecule has 0 aliphatic heterocycles. The van der Waals surface area contributed by atoms with Crippen molar-refractivity contribution >= 4 is 23.1 Å². The molecular formula is C10H11NS. The minimum absolute atomic E-state index is 0.943. The predicted octanol–water partition coefficient (Wildman–Crippen LogP) is 3.29. The summed E-state index contributed by atoms with van der Waals surface area (Å²) in [4.78, 5) is 3.98. The van der Waals surface area contributed by atoms with E-state index < -0.39 is 0 Å². The number of thiocarbonyl (C=S) groups is 1. The second-order valence-electron chi connectivity index (χ2n) is 2.69. The normalized spacial score (nSPS) is 9.17. The van der Waals surface area contributed by atoms with Gasteiger partial charge in [-0.25, -0.2) is 0 Å². The molecule has 1 rings (SSSR count). The van der Waals surface area contributed by atoms with Crippen molar-refractivity contribution in [1.82, 2.24) is 0 Å². The molecule has 0 fully saturated rings. The van der Waals surface area contributed by atoms with Gasteiger partial charge >= 0.3 is 0 Å². The van der Waals surface area contributed by atoms with Crippen LogP contribution in [0.2, 0.25) is 0 Å². The molecule has 0 unspecified atom stereocenters. The van der Waals surface area contributed by atoms with Gasteiger partial charge in [-0.05, 0) is 37.2 Å². The van der Waals surface area contributed by atoms with Crippen molar-refractivity contribution < 1.29 is 0 Å². The monoisotopic (exact) mass is 177 g/mol. The average Bonchev–Trinajstić information content (AvgIpc) is 2.08. The highest BCUT2D eigenvalue weighted by molar-refractivity contribution is 7.78. The van der Waals surface area contributed by atoms with Crippen LogP contribution in [-0.2, 0) is 6.42 Å². The molecule has 0 bridgehead atoms. The molecule has 2 heteroatoms. The summed E-state index contributed by atoms with van der Waals surface area (Å²) < 4.78 is 0. The van der Waals surface area contributed by atoms with E-state index in [4.69, 9.17) is 0 Å². The van der Waals surface area contributed by atoms with Crippen LogP contribution >= 0.6 is 12.2 Å². The third kappa shape index (κ3) is 2.00. The minimum Gasteiger partial charge on any atom is -0.194 e. The first-order chi connectivity index (χ1) is 5.77. The molecule has 1 aromatic carbocycles. The van der Waals surface area contributed by atoms with Gasteiger partial charge in [0.2, 0.25) is 0 Å². The number of hydrogen-bond acceptors (Lipinski definition) is 2. The molecule has 0 N–H and O–H groups in total. The zero-order valence-electron chi connectivity index (χ0n) is 7.29. The Labute approximate surface area is 78.1 Å². The van der Waals surface area contributed by atoms with E-state index in [0.717, 1.165) is 12.1 Å². The number of aryl methyl sites for hydroxylation is 2. The van der Waals surface area contributed by atoms with Gasteiger partial charge in [-0.2, -0.15) is 4.99 Å². The molecule has 0 aliphatic rings. The molecule has 0 saturated heterocycles. The summed E-state index contributed by atoms with van der Waals surface area (Å²) in [6.07, 6.45) is 0.984. The van der Waals surface area contributed by atoms with Gasteiger partial charge in [-0.15, -0.1) is 0 Å². The SMILES string of the molecule is CCc1cc(C)ccc1N=C=S. The maximum Gasteiger partial charge on any atom is 0.0771 e. The predicted molar refractivity (Wildman–Crippen MR) is 55.2 cm³/mol. The molecule has 1 aromatic rings. The van der Waals surface area contributed by atoms with Crippen LogP contribution in [0.3, 0.4) is 0 Å². The van der Waals surface area contributed by atoms with E-state index in [1.807, 2.05) is 12.1 Å². The first-order valence-electron chi connectivity index (χ1n) is 3.95. The molecule has 0 aromatic heterocycles. The number of aliphatic imine (C=N–C) groups is 1. The summed E-state index contributed by atoms with van der Waals surface area (Å²) in [6, 6.07) is 6.14. The lowest BCUT2D eigenvalue weighted by Crippen LogP contribution is -1.82. The second kappa shape index (κ2) is 4.15. The zero-order chi connectivity index (χ0) is 8.97. The summed E-state index contributed by atoms with van der Waals surface area (Å²) in [5, 5.41) is 2.39. The van der Waals surface area contributed by atoms with Crippen LogP contribution in [0.15, 0.2) is 23.2 Å². The molecule has 0 atom stereocenters. The quantitative estimate of drug-likeness (QED) is 0.499. The second-order valence-corrected chi connectivity index (χ2v) is 2.87. The topological polar surface area (TPSA) is 12.4 Å². The van der Waals surface area contributed by atoms with Crippen molar-refractivity contribution in [3.8, 4) is 0 Å². The lowest BCUT2D eigenvalue weighted by molar-refractivity contribution is 1.13. The van der Waals surface area contributed by atoms with Crippen molar-refractivity contribution in [2.45, 2.75) is 20.3 Å². The van der Waals surface area contributed by atoms with Crippen molar-refractivity contribution in [3.63, 3.8) is 0 Å². The number of hydrogen-bond donors (Lipinski definition) is 0. The Bertz CT molecular complexity index is 325. The van der Waals surface area contributed by atoms with Crippen LogP contribution < -0.4 is 0 Å². The van der Waals surface area contributed by atoms with Crippen LogP contribution in [0.1, 0.15) is 18.1 Å². The fraction of sp³-hybridized carbons (Fsp3) is 0.300. The highest BCUT2D eigenvalue weighted by atomic mass is 32.1. The lowest BCUT2D eigenvalue weighted by Gasteiger charge is -2.01. The number of isothiocyanates is 1. The molecule has 12 heavy (non-hydrogen) atoms. The maximum absolute atomic E-state index is 4.56. The molecule has 62 valence electrons. The Morgan fingerprint density at radius 1 is 1.50 bits per heavy atom. The smallest absolute Gasteiger partial charge is 0.0771 e. The van der Waals surface area contributed by atoms with E-state index in [2.05, 4.69) is 42.3 Å². The molecular weight excluding hydrogens is 166 g/mol.